The second-order valence-corrected chi connectivity index (χ2v) is 6.86. The Hall–Kier alpha value is -4.19. The van der Waals surface area contributed by atoms with Crippen LogP contribution in [0.3, 0.4) is 0 Å². The van der Waals surface area contributed by atoms with Gasteiger partial charge in [-0.3, -0.25) is 9.78 Å². The summed E-state index contributed by atoms with van der Waals surface area (Å²) in [5, 5.41) is 7.62. The summed E-state index contributed by atoms with van der Waals surface area (Å²) in [5.74, 6) is 0.573. The summed E-state index contributed by atoms with van der Waals surface area (Å²) < 4.78 is 7.02. The highest BCUT2D eigenvalue weighted by atomic mass is 16.5. The molecule has 31 heavy (non-hydrogen) atoms. The average molecular weight is 410 g/mol. The minimum atomic E-state index is -0.188. The molecule has 6 heteroatoms. The maximum Gasteiger partial charge on any atom is 0.244 e. The van der Waals surface area contributed by atoms with Crippen molar-refractivity contribution in [1.29, 1.82) is 0 Å². The summed E-state index contributed by atoms with van der Waals surface area (Å²) in [6.07, 6.45) is 8.68. The summed E-state index contributed by atoms with van der Waals surface area (Å²) >= 11 is 0. The van der Waals surface area contributed by atoms with Crippen molar-refractivity contribution in [2.45, 2.75) is 6.54 Å². The van der Waals surface area contributed by atoms with Gasteiger partial charge in [0.1, 0.15) is 11.4 Å². The lowest BCUT2D eigenvalue weighted by molar-refractivity contribution is -0.116. The van der Waals surface area contributed by atoms with Crippen LogP contribution in [0.15, 0.2) is 91.4 Å². The largest absolute Gasteiger partial charge is 0.497 e. The Kier molecular flexibility index (Phi) is 6.18. The van der Waals surface area contributed by atoms with Gasteiger partial charge in [-0.05, 0) is 48.0 Å². The molecular formula is C25H22N4O2. The van der Waals surface area contributed by atoms with E-state index in [9.17, 15) is 4.79 Å². The number of carbonyl (C=O) groups excluding carboxylic acids is 1. The number of ether oxygens (including phenoxy) is 1. The number of amides is 1. The lowest BCUT2D eigenvalue weighted by atomic mass is 10.1. The second kappa shape index (κ2) is 9.54. The number of para-hydroxylation sites is 1. The van der Waals surface area contributed by atoms with Crippen LogP contribution in [0.4, 0.5) is 0 Å². The monoisotopic (exact) mass is 410 g/mol. The molecule has 2 aromatic heterocycles. The van der Waals surface area contributed by atoms with Gasteiger partial charge in [-0.25, -0.2) is 4.68 Å². The fraction of sp³-hybridized carbons (Fsp3) is 0.0800. The smallest absolute Gasteiger partial charge is 0.244 e. The molecule has 0 unspecified atom stereocenters. The number of nitrogens with one attached hydrogen (secondary N) is 1. The minimum absolute atomic E-state index is 0.188. The zero-order valence-corrected chi connectivity index (χ0v) is 17.1. The first kappa shape index (κ1) is 20.1. The van der Waals surface area contributed by atoms with Crippen molar-refractivity contribution in [2.75, 3.05) is 7.11 Å². The molecule has 0 radical (unpaired) electrons. The van der Waals surface area contributed by atoms with Crippen LogP contribution >= 0.6 is 0 Å². The van der Waals surface area contributed by atoms with Gasteiger partial charge in [-0.1, -0.05) is 30.3 Å². The molecule has 0 aliphatic heterocycles. The minimum Gasteiger partial charge on any atom is -0.497 e. The molecule has 2 aromatic carbocycles. The summed E-state index contributed by atoms with van der Waals surface area (Å²) in [6.45, 7) is 0.416. The topological polar surface area (TPSA) is 69.0 Å². The molecule has 6 nitrogen and oxygen atoms in total. The number of carbonyl (C=O) groups is 1. The van der Waals surface area contributed by atoms with E-state index >= 15 is 0 Å². The van der Waals surface area contributed by atoms with E-state index in [-0.39, 0.29) is 5.91 Å². The number of methoxy groups -OCH3 is 1. The molecule has 0 fully saturated rings. The second-order valence-electron chi connectivity index (χ2n) is 6.86. The third-order valence-corrected chi connectivity index (χ3v) is 4.71. The molecule has 4 rings (SSSR count). The van der Waals surface area contributed by atoms with Crippen LogP contribution in [-0.2, 0) is 11.3 Å². The highest BCUT2D eigenvalue weighted by Crippen LogP contribution is 2.24. The standard InChI is InChI=1S/C25H22N4O2/c1-31-23-11-5-7-19(15-23)16-27-24(30)13-12-21-18-29(22-9-3-2-4-10-22)28-25(21)20-8-6-14-26-17-20/h2-15,17-18H,16H2,1H3,(H,27,30)/b13-12+. The first-order valence-corrected chi connectivity index (χ1v) is 9.87. The van der Waals surface area contributed by atoms with Crippen LogP contribution < -0.4 is 10.1 Å². The molecule has 0 atom stereocenters. The average Bonchev–Trinajstić information content (AvgIpc) is 3.27. The summed E-state index contributed by atoms with van der Waals surface area (Å²) in [6, 6.07) is 21.3. The Morgan fingerprint density at radius 3 is 2.74 bits per heavy atom. The van der Waals surface area contributed by atoms with Crippen LogP contribution in [0.1, 0.15) is 11.1 Å². The molecule has 154 valence electrons. The number of hydrogen-bond acceptors (Lipinski definition) is 4. The normalized spacial score (nSPS) is 10.9. The molecule has 0 aliphatic carbocycles. The van der Waals surface area contributed by atoms with E-state index in [1.165, 1.54) is 6.08 Å². The van der Waals surface area contributed by atoms with Crippen LogP contribution in [0, 0.1) is 0 Å². The lowest BCUT2D eigenvalue weighted by Crippen LogP contribution is -2.20. The molecule has 4 aromatic rings. The Balaban J connectivity index is 1.54. The fourth-order valence-corrected chi connectivity index (χ4v) is 3.15. The van der Waals surface area contributed by atoms with Gasteiger partial charge in [0, 0.05) is 42.3 Å². The molecule has 0 saturated carbocycles. The van der Waals surface area contributed by atoms with E-state index in [0.717, 1.165) is 33.8 Å². The molecule has 2 heterocycles. The summed E-state index contributed by atoms with van der Waals surface area (Å²) in [7, 11) is 1.62. The molecular weight excluding hydrogens is 388 g/mol. The Morgan fingerprint density at radius 2 is 1.97 bits per heavy atom. The van der Waals surface area contributed by atoms with Crippen LogP contribution in [0.5, 0.6) is 5.75 Å². The predicted molar refractivity (Wildman–Crippen MR) is 121 cm³/mol. The molecule has 0 spiro atoms. The molecule has 0 aliphatic rings. The zero-order chi connectivity index (χ0) is 21.5. The number of hydrogen-bond donors (Lipinski definition) is 1. The number of nitrogens with zero attached hydrogens (tertiary/aromatic N) is 3. The van der Waals surface area contributed by atoms with Gasteiger partial charge in [-0.15, -0.1) is 0 Å². The van der Waals surface area contributed by atoms with Crippen LogP contribution in [0.25, 0.3) is 23.0 Å². The van der Waals surface area contributed by atoms with Crippen molar-refractivity contribution in [3.63, 3.8) is 0 Å². The third kappa shape index (κ3) is 5.05. The lowest BCUT2D eigenvalue weighted by Gasteiger charge is -2.05. The number of pyridine rings is 1. The van der Waals surface area contributed by atoms with E-state index < -0.39 is 0 Å². The molecule has 0 saturated heterocycles. The number of aromatic nitrogens is 3. The zero-order valence-electron chi connectivity index (χ0n) is 17.1. The van der Waals surface area contributed by atoms with Gasteiger partial charge in [0.05, 0.1) is 12.8 Å². The fourth-order valence-electron chi connectivity index (χ4n) is 3.15. The molecule has 1 N–H and O–H groups in total. The first-order valence-electron chi connectivity index (χ1n) is 9.87. The van der Waals surface area contributed by atoms with E-state index in [1.54, 1.807) is 30.3 Å². The number of rotatable bonds is 7. The Labute approximate surface area is 180 Å². The van der Waals surface area contributed by atoms with Gasteiger partial charge >= 0.3 is 0 Å². The molecule has 0 bridgehead atoms. The van der Waals surface area contributed by atoms with Crippen molar-refractivity contribution in [3.8, 4) is 22.7 Å². The number of benzene rings is 2. The third-order valence-electron chi connectivity index (χ3n) is 4.71. The summed E-state index contributed by atoms with van der Waals surface area (Å²) in [4.78, 5) is 16.6. The Morgan fingerprint density at radius 1 is 1.10 bits per heavy atom. The van der Waals surface area contributed by atoms with E-state index in [1.807, 2.05) is 72.9 Å². The highest BCUT2D eigenvalue weighted by molar-refractivity contribution is 5.92. The van der Waals surface area contributed by atoms with Gasteiger partial charge in [-0.2, -0.15) is 5.10 Å². The van der Waals surface area contributed by atoms with Crippen molar-refractivity contribution < 1.29 is 9.53 Å². The maximum atomic E-state index is 12.4. The van der Waals surface area contributed by atoms with Gasteiger partial charge < -0.3 is 10.1 Å². The summed E-state index contributed by atoms with van der Waals surface area (Å²) in [5.41, 5.74) is 4.37. The highest BCUT2D eigenvalue weighted by Gasteiger charge is 2.11. The van der Waals surface area contributed by atoms with E-state index in [0.29, 0.717) is 6.54 Å². The van der Waals surface area contributed by atoms with Crippen LogP contribution in [0.2, 0.25) is 0 Å². The maximum absolute atomic E-state index is 12.4. The van der Waals surface area contributed by atoms with Crippen LogP contribution in [-0.4, -0.2) is 27.8 Å². The van der Waals surface area contributed by atoms with Gasteiger partial charge in [0.25, 0.3) is 0 Å². The molecule has 1 amide bonds. The van der Waals surface area contributed by atoms with Crippen molar-refractivity contribution >= 4 is 12.0 Å². The SMILES string of the molecule is COc1cccc(CNC(=O)/C=C/c2cn(-c3ccccc3)nc2-c2cccnc2)c1. The first-order chi connectivity index (χ1) is 15.2. The Bertz CT molecular complexity index is 1180. The van der Waals surface area contributed by atoms with Crippen molar-refractivity contribution in [3.05, 3.63) is 103 Å². The quantitative estimate of drug-likeness (QED) is 0.462. The van der Waals surface area contributed by atoms with E-state index in [2.05, 4.69) is 10.3 Å². The van der Waals surface area contributed by atoms with Crippen molar-refractivity contribution in [1.82, 2.24) is 20.1 Å². The van der Waals surface area contributed by atoms with Crippen molar-refractivity contribution in [2.24, 2.45) is 0 Å². The van der Waals surface area contributed by atoms with Gasteiger partial charge in [0.2, 0.25) is 5.91 Å². The van der Waals surface area contributed by atoms with Gasteiger partial charge in [0.15, 0.2) is 0 Å². The predicted octanol–water partition coefficient (Wildman–Crippen LogP) is 4.27. The van der Waals surface area contributed by atoms with E-state index in [4.69, 9.17) is 9.84 Å².